The molecule has 0 aromatic carbocycles. The number of hydrogen-bond acceptors (Lipinski definition) is 3. The average molecular weight is 228 g/mol. The van der Waals surface area contributed by atoms with Crippen molar-refractivity contribution in [2.45, 2.75) is 32.7 Å². The molecule has 16 heavy (non-hydrogen) atoms. The molecule has 1 unspecified atom stereocenters. The summed E-state index contributed by atoms with van der Waals surface area (Å²) in [6.07, 6.45) is 1.93. The molecule has 4 nitrogen and oxygen atoms in total. The van der Waals surface area contributed by atoms with E-state index in [4.69, 9.17) is 4.74 Å². The smallest absolute Gasteiger partial charge is 0.239 e. The molecule has 4 heteroatoms. The van der Waals surface area contributed by atoms with Crippen molar-refractivity contribution in [2.24, 2.45) is 5.41 Å². The molecular formula is C12H24N2O2. The topological polar surface area (TPSA) is 41.6 Å². The Balaban J connectivity index is 2.31. The quantitative estimate of drug-likeness (QED) is 0.733. The van der Waals surface area contributed by atoms with E-state index in [0.717, 1.165) is 32.5 Å². The van der Waals surface area contributed by atoms with Crippen LogP contribution in [0.25, 0.3) is 0 Å². The number of nitrogens with one attached hydrogen (secondary N) is 1. The number of likely N-dealkylation sites (tertiary alicyclic amines) is 1. The van der Waals surface area contributed by atoms with Crippen molar-refractivity contribution < 1.29 is 9.53 Å². The van der Waals surface area contributed by atoms with Crippen molar-refractivity contribution in [3.05, 3.63) is 0 Å². The van der Waals surface area contributed by atoms with E-state index >= 15 is 0 Å². The molecule has 0 aromatic rings. The van der Waals surface area contributed by atoms with Gasteiger partial charge >= 0.3 is 0 Å². The molecular weight excluding hydrogens is 204 g/mol. The Labute approximate surface area is 98.3 Å². The summed E-state index contributed by atoms with van der Waals surface area (Å²) in [6, 6.07) is 0.0202. The summed E-state index contributed by atoms with van der Waals surface area (Å²) < 4.78 is 5.08. The molecule has 1 aliphatic heterocycles. The van der Waals surface area contributed by atoms with Crippen molar-refractivity contribution in [1.29, 1.82) is 0 Å². The zero-order valence-electron chi connectivity index (χ0n) is 10.9. The molecule has 0 radical (unpaired) electrons. The normalized spacial score (nSPS) is 21.9. The molecule has 0 aromatic heterocycles. The Morgan fingerprint density at radius 3 is 2.75 bits per heavy atom. The third kappa shape index (κ3) is 3.76. The maximum Gasteiger partial charge on any atom is 0.239 e. The summed E-state index contributed by atoms with van der Waals surface area (Å²) >= 11 is 0. The van der Waals surface area contributed by atoms with Gasteiger partial charge in [0.1, 0.15) is 0 Å². The Morgan fingerprint density at radius 2 is 2.25 bits per heavy atom. The van der Waals surface area contributed by atoms with Crippen molar-refractivity contribution in [2.75, 3.05) is 33.9 Å². The number of likely N-dealkylation sites (N-methyl/N-ethyl adjacent to an activating group) is 1. The van der Waals surface area contributed by atoms with Gasteiger partial charge in [0.25, 0.3) is 0 Å². The molecule has 1 N–H and O–H groups in total. The van der Waals surface area contributed by atoms with Gasteiger partial charge in [0.05, 0.1) is 6.04 Å². The first-order valence-corrected chi connectivity index (χ1v) is 5.93. The third-order valence-electron chi connectivity index (χ3n) is 3.24. The van der Waals surface area contributed by atoms with Gasteiger partial charge in [-0.2, -0.15) is 0 Å². The molecule has 0 bridgehead atoms. The van der Waals surface area contributed by atoms with Crippen LogP contribution in [0.5, 0.6) is 0 Å². The summed E-state index contributed by atoms with van der Waals surface area (Å²) in [5, 5.41) is 3.36. The maximum absolute atomic E-state index is 11.7. The van der Waals surface area contributed by atoms with Crippen LogP contribution in [0, 0.1) is 5.41 Å². The standard InChI is InChI=1S/C12H24N2O2/c1-12(2,6-8-16-4)9-13-10-5-7-14(3)11(10)15/h10,13H,5-9H2,1-4H3. The zero-order valence-corrected chi connectivity index (χ0v) is 10.9. The van der Waals surface area contributed by atoms with E-state index in [9.17, 15) is 4.79 Å². The molecule has 1 fully saturated rings. The van der Waals surface area contributed by atoms with Crippen LogP contribution in [0.1, 0.15) is 26.7 Å². The highest BCUT2D eigenvalue weighted by Gasteiger charge is 2.30. The predicted molar refractivity (Wildman–Crippen MR) is 64.3 cm³/mol. The molecule has 1 atom stereocenters. The van der Waals surface area contributed by atoms with E-state index < -0.39 is 0 Å². The summed E-state index contributed by atoms with van der Waals surface area (Å²) in [5.74, 6) is 0.225. The molecule has 1 saturated heterocycles. The number of carbonyl (C=O) groups excluding carboxylic acids is 1. The van der Waals surface area contributed by atoms with Crippen LogP contribution < -0.4 is 5.32 Å². The summed E-state index contributed by atoms with van der Waals surface area (Å²) in [6.45, 7) is 6.90. The molecule has 0 aliphatic carbocycles. The lowest BCUT2D eigenvalue weighted by Crippen LogP contribution is -2.41. The van der Waals surface area contributed by atoms with Crippen molar-refractivity contribution in [3.63, 3.8) is 0 Å². The summed E-state index contributed by atoms with van der Waals surface area (Å²) in [4.78, 5) is 13.5. The third-order valence-corrected chi connectivity index (χ3v) is 3.24. The second kappa shape index (κ2) is 5.64. The zero-order chi connectivity index (χ0) is 12.2. The molecule has 0 saturated carbocycles. The SMILES string of the molecule is COCCC(C)(C)CNC1CCN(C)C1=O. The van der Waals surface area contributed by atoms with Crippen LogP contribution in [0.2, 0.25) is 0 Å². The monoisotopic (exact) mass is 228 g/mol. The summed E-state index contributed by atoms with van der Waals surface area (Å²) in [7, 11) is 3.58. The lowest BCUT2D eigenvalue weighted by atomic mass is 9.89. The molecule has 1 amide bonds. The van der Waals surface area contributed by atoms with Crippen LogP contribution >= 0.6 is 0 Å². The average Bonchev–Trinajstić information content (AvgIpc) is 2.55. The highest BCUT2D eigenvalue weighted by atomic mass is 16.5. The minimum absolute atomic E-state index is 0.0202. The first-order valence-electron chi connectivity index (χ1n) is 5.93. The van der Waals surface area contributed by atoms with Gasteiger partial charge < -0.3 is 15.0 Å². The number of hydrogen-bond donors (Lipinski definition) is 1. The van der Waals surface area contributed by atoms with Gasteiger partial charge in [-0.05, 0) is 18.3 Å². The number of nitrogens with zero attached hydrogens (tertiary/aromatic N) is 1. The van der Waals surface area contributed by atoms with Gasteiger partial charge in [-0.3, -0.25) is 4.79 Å². The van der Waals surface area contributed by atoms with Gasteiger partial charge in [-0.1, -0.05) is 13.8 Å². The van der Waals surface area contributed by atoms with Crippen LogP contribution in [0.4, 0.5) is 0 Å². The highest BCUT2D eigenvalue weighted by Crippen LogP contribution is 2.20. The fourth-order valence-corrected chi connectivity index (χ4v) is 1.88. The molecule has 1 heterocycles. The van der Waals surface area contributed by atoms with Crippen LogP contribution in [0.3, 0.4) is 0 Å². The van der Waals surface area contributed by atoms with E-state index in [1.807, 2.05) is 7.05 Å². The first kappa shape index (κ1) is 13.5. The number of methoxy groups -OCH3 is 1. The van der Waals surface area contributed by atoms with E-state index in [0.29, 0.717) is 0 Å². The number of ether oxygens (including phenoxy) is 1. The van der Waals surface area contributed by atoms with Crippen molar-refractivity contribution >= 4 is 5.91 Å². The van der Waals surface area contributed by atoms with E-state index in [2.05, 4.69) is 19.2 Å². The van der Waals surface area contributed by atoms with Crippen LogP contribution in [-0.4, -0.2) is 50.7 Å². The Bertz CT molecular complexity index is 241. The number of rotatable bonds is 6. The maximum atomic E-state index is 11.7. The van der Waals surface area contributed by atoms with E-state index in [1.165, 1.54) is 0 Å². The van der Waals surface area contributed by atoms with E-state index in [1.54, 1.807) is 12.0 Å². The van der Waals surface area contributed by atoms with Gasteiger partial charge in [0.2, 0.25) is 5.91 Å². The first-order chi connectivity index (χ1) is 7.46. The number of amides is 1. The Morgan fingerprint density at radius 1 is 1.56 bits per heavy atom. The lowest BCUT2D eigenvalue weighted by molar-refractivity contribution is -0.128. The number of carbonyl (C=O) groups is 1. The van der Waals surface area contributed by atoms with Gasteiger partial charge in [0.15, 0.2) is 0 Å². The van der Waals surface area contributed by atoms with Crippen LogP contribution in [0.15, 0.2) is 0 Å². The minimum atomic E-state index is 0.0202. The summed E-state index contributed by atoms with van der Waals surface area (Å²) in [5.41, 5.74) is 0.178. The van der Waals surface area contributed by atoms with E-state index in [-0.39, 0.29) is 17.4 Å². The second-order valence-electron chi connectivity index (χ2n) is 5.39. The predicted octanol–water partition coefficient (Wildman–Crippen LogP) is 0.869. The minimum Gasteiger partial charge on any atom is -0.385 e. The fourth-order valence-electron chi connectivity index (χ4n) is 1.88. The Hall–Kier alpha value is -0.610. The molecule has 1 aliphatic rings. The fraction of sp³-hybridized carbons (Fsp3) is 0.917. The second-order valence-corrected chi connectivity index (χ2v) is 5.39. The lowest BCUT2D eigenvalue weighted by Gasteiger charge is -2.26. The van der Waals surface area contributed by atoms with Crippen molar-refractivity contribution in [3.8, 4) is 0 Å². The molecule has 0 spiro atoms. The largest absolute Gasteiger partial charge is 0.385 e. The van der Waals surface area contributed by atoms with Crippen LogP contribution in [-0.2, 0) is 9.53 Å². The highest BCUT2D eigenvalue weighted by molar-refractivity contribution is 5.83. The van der Waals surface area contributed by atoms with Crippen molar-refractivity contribution in [1.82, 2.24) is 10.2 Å². The van der Waals surface area contributed by atoms with Gasteiger partial charge in [0, 0.05) is 33.9 Å². The Kier molecular flexibility index (Phi) is 4.74. The molecule has 94 valence electrons. The molecule has 1 rings (SSSR count). The van der Waals surface area contributed by atoms with Gasteiger partial charge in [-0.15, -0.1) is 0 Å². The van der Waals surface area contributed by atoms with Gasteiger partial charge in [-0.25, -0.2) is 0 Å².